The molecule has 102 valence electrons. The van der Waals surface area contributed by atoms with Gasteiger partial charge in [-0.3, -0.25) is 4.79 Å². The van der Waals surface area contributed by atoms with Crippen LogP contribution >= 0.6 is 11.3 Å². The van der Waals surface area contributed by atoms with Crippen molar-refractivity contribution in [1.82, 2.24) is 0 Å². The van der Waals surface area contributed by atoms with Crippen LogP contribution in [0.3, 0.4) is 0 Å². The van der Waals surface area contributed by atoms with E-state index in [0.29, 0.717) is 6.61 Å². The zero-order valence-corrected chi connectivity index (χ0v) is 11.4. The van der Waals surface area contributed by atoms with Crippen LogP contribution in [0.1, 0.15) is 11.3 Å². The van der Waals surface area contributed by atoms with E-state index in [9.17, 15) is 4.79 Å². The maximum Gasteiger partial charge on any atom is 0.227 e. The first-order chi connectivity index (χ1) is 9.78. The predicted molar refractivity (Wildman–Crippen MR) is 77.1 cm³/mol. The van der Waals surface area contributed by atoms with Crippen molar-refractivity contribution < 1.29 is 14.3 Å². The van der Waals surface area contributed by atoms with Crippen molar-refractivity contribution in [3.05, 3.63) is 63.5 Å². The molecule has 3 aromatic rings. The van der Waals surface area contributed by atoms with E-state index in [1.807, 2.05) is 29.6 Å². The lowest BCUT2D eigenvalue weighted by Gasteiger charge is -2.04. The van der Waals surface area contributed by atoms with Gasteiger partial charge in [0.1, 0.15) is 25.2 Å². The van der Waals surface area contributed by atoms with E-state index in [0.717, 1.165) is 10.9 Å². The molecule has 0 fully saturated rings. The van der Waals surface area contributed by atoms with Crippen molar-refractivity contribution in [3.63, 3.8) is 0 Å². The third-order valence-corrected chi connectivity index (χ3v) is 3.96. The first-order valence-electron chi connectivity index (χ1n) is 6.08. The van der Waals surface area contributed by atoms with Gasteiger partial charge in [0.25, 0.3) is 0 Å². The van der Waals surface area contributed by atoms with Gasteiger partial charge in [0.2, 0.25) is 11.2 Å². The maximum atomic E-state index is 11.7. The number of hydrogen-bond donors (Lipinski definition) is 1. The van der Waals surface area contributed by atoms with Crippen molar-refractivity contribution in [3.8, 4) is 5.75 Å². The molecule has 0 aliphatic heterocycles. The molecule has 0 aliphatic carbocycles. The topological polar surface area (TPSA) is 59.7 Å². The summed E-state index contributed by atoms with van der Waals surface area (Å²) in [6, 6.07) is 9.28. The Kier molecular flexibility index (Phi) is 3.54. The van der Waals surface area contributed by atoms with Crippen LogP contribution in [0.15, 0.2) is 51.2 Å². The Bertz CT molecular complexity index is 788. The summed E-state index contributed by atoms with van der Waals surface area (Å²) in [5.41, 5.74) is 0.746. The molecule has 4 nitrogen and oxygen atoms in total. The largest absolute Gasteiger partial charge is 0.482 e. The molecule has 0 spiro atoms. The second kappa shape index (κ2) is 5.48. The highest BCUT2D eigenvalue weighted by Gasteiger charge is 2.07. The number of fused-ring (bicyclic) bond motifs is 1. The van der Waals surface area contributed by atoms with Crippen LogP contribution in [0.4, 0.5) is 0 Å². The van der Waals surface area contributed by atoms with Gasteiger partial charge >= 0.3 is 0 Å². The van der Waals surface area contributed by atoms with E-state index in [1.165, 1.54) is 17.0 Å². The van der Waals surface area contributed by atoms with Gasteiger partial charge in [-0.25, -0.2) is 0 Å². The number of ether oxygens (including phenoxy) is 1. The minimum atomic E-state index is -0.301. The van der Waals surface area contributed by atoms with E-state index in [1.54, 1.807) is 11.3 Å². The molecule has 5 heteroatoms. The van der Waals surface area contributed by atoms with Gasteiger partial charge < -0.3 is 14.3 Å². The predicted octanol–water partition coefficient (Wildman–Crippen LogP) is 2.93. The molecule has 2 heterocycles. The Morgan fingerprint density at radius 2 is 2.15 bits per heavy atom. The molecule has 1 N–H and O–H groups in total. The average molecular weight is 288 g/mol. The Morgan fingerprint density at radius 3 is 2.95 bits per heavy atom. The zero-order valence-electron chi connectivity index (χ0n) is 10.5. The van der Waals surface area contributed by atoms with Gasteiger partial charge in [0, 0.05) is 16.3 Å². The normalized spacial score (nSPS) is 10.8. The number of rotatable bonds is 4. The fourth-order valence-corrected chi connectivity index (χ4v) is 2.87. The third kappa shape index (κ3) is 2.45. The lowest BCUT2D eigenvalue weighted by atomic mass is 10.2. The second-order valence-electron chi connectivity index (χ2n) is 4.28. The van der Waals surface area contributed by atoms with Gasteiger partial charge in [-0.15, -0.1) is 11.3 Å². The number of aliphatic hydroxyl groups is 1. The molecule has 0 aliphatic rings. The van der Waals surface area contributed by atoms with E-state index >= 15 is 0 Å². The van der Waals surface area contributed by atoms with Gasteiger partial charge in [0.05, 0.1) is 0 Å². The van der Waals surface area contributed by atoms with Crippen LogP contribution in [0.5, 0.6) is 5.75 Å². The molecule has 0 radical (unpaired) electrons. The molecule has 2 aromatic heterocycles. The van der Waals surface area contributed by atoms with E-state index < -0.39 is 0 Å². The Hall–Kier alpha value is -2.11. The highest BCUT2D eigenvalue weighted by molar-refractivity contribution is 7.17. The molecule has 0 bridgehead atoms. The minimum absolute atomic E-state index is 0.150. The number of thiophene rings is 1. The van der Waals surface area contributed by atoms with Crippen molar-refractivity contribution in [1.29, 1.82) is 0 Å². The molecule has 0 unspecified atom stereocenters. The summed E-state index contributed by atoms with van der Waals surface area (Å²) in [5.74, 6) is 0.376. The van der Waals surface area contributed by atoms with E-state index in [-0.39, 0.29) is 23.5 Å². The lowest BCUT2D eigenvalue weighted by Crippen LogP contribution is -2.07. The maximum absolute atomic E-state index is 11.7. The smallest absolute Gasteiger partial charge is 0.227 e. The van der Waals surface area contributed by atoms with E-state index in [2.05, 4.69) is 0 Å². The van der Waals surface area contributed by atoms with Crippen LogP contribution in [-0.2, 0) is 13.2 Å². The van der Waals surface area contributed by atoms with E-state index in [4.69, 9.17) is 14.3 Å². The lowest BCUT2D eigenvalue weighted by molar-refractivity contribution is 0.236. The molecule has 0 amide bonds. The monoisotopic (exact) mass is 288 g/mol. The Balaban J connectivity index is 1.81. The summed E-state index contributed by atoms with van der Waals surface area (Å²) >= 11 is 1.64. The molecule has 0 atom stereocenters. The van der Waals surface area contributed by atoms with Crippen molar-refractivity contribution in [2.75, 3.05) is 0 Å². The summed E-state index contributed by atoms with van der Waals surface area (Å²) in [7, 11) is 0. The molecule has 3 rings (SSSR count). The van der Waals surface area contributed by atoms with Crippen LogP contribution in [0.25, 0.3) is 10.1 Å². The third-order valence-electron chi connectivity index (χ3n) is 2.95. The van der Waals surface area contributed by atoms with Crippen molar-refractivity contribution >= 4 is 21.4 Å². The van der Waals surface area contributed by atoms with Crippen LogP contribution in [0.2, 0.25) is 0 Å². The first-order valence-corrected chi connectivity index (χ1v) is 6.96. The van der Waals surface area contributed by atoms with Gasteiger partial charge in [-0.05, 0) is 16.8 Å². The second-order valence-corrected chi connectivity index (χ2v) is 5.19. The summed E-state index contributed by atoms with van der Waals surface area (Å²) in [6.07, 6.45) is 1.24. The van der Waals surface area contributed by atoms with Crippen LogP contribution in [0, 0.1) is 0 Å². The molecule has 0 saturated carbocycles. The first kappa shape index (κ1) is 12.9. The zero-order chi connectivity index (χ0) is 13.9. The number of benzene rings is 1. The highest BCUT2D eigenvalue weighted by atomic mass is 32.1. The standard InChI is InChI=1S/C15H12O4S/c16-6-11-5-13(17)14(8-18-11)19-7-10-9-20-15-4-2-1-3-12(10)15/h1-5,8-9,16H,6-7H2. The summed E-state index contributed by atoms with van der Waals surface area (Å²) in [6.45, 7) is 0.0118. The van der Waals surface area contributed by atoms with Gasteiger partial charge in [-0.2, -0.15) is 0 Å². The van der Waals surface area contributed by atoms with Gasteiger partial charge in [-0.1, -0.05) is 18.2 Å². The molecule has 20 heavy (non-hydrogen) atoms. The number of aliphatic hydroxyl groups excluding tert-OH is 1. The summed E-state index contributed by atoms with van der Waals surface area (Å²) in [4.78, 5) is 11.7. The fraction of sp³-hybridized carbons (Fsp3) is 0.133. The molecular weight excluding hydrogens is 276 g/mol. The molecule has 1 aromatic carbocycles. The molecule has 0 saturated heterocycles. The van der Waals surface area contributed by atoms with Crippen LogP contribution < -0.4 is 10.2 Å². The quantitative estimate of drug-likeness (QED) is 0.802. The van der Waals surface area contributed by atoms with Crippen molar-refractivity contribution in [2.45, 2.75) is 13.2 Å². The van der Waals surface area contributed by atoms with Crippen LogP contribution in [-0.4, -0.2) is 5.11 Å². The highest BCUT2D eigenvalue weighted by Crippen LogP contribution is 2.26. The Labute approximate surface area is 118 Å². The summed E-state index contributed by atoms with van der Waals surface area (Å²) < 4.78 is 11.8. The fourth-order valence-electron chi connectivity index (χ4n) is 1.93. The Morgan fingerprint density at radius 1 is 1.30 bits per heavy atom. The minimum Gasteiger partial charge on any atom is -0.482 e. The number of hydrogen-bond acceptors (Lipinski definition) is 5. The van der Waals surface area contributed by atoms with Crippen molar-refractivity contribution in [2.24, 2.45) is 0 Å². The molecular formula is C15H12O4S. The average Bonchev–Trinajstić information content (AvgIpc) is 2.89. The van der Waals surface area contributed by atoms with Gasteiger partial charge in [0.15, 0.2) is 0 Å². The SMILES string of the molecule is O=c1cc(CO)occ1OCc1csc2ccccc12. The summed E-state index contributed by atoms with van der Waals surface area (Å²) in [5, 5.41) is 12.0.